The summed E-state index contributed by atoms with van der Waals surface area (Å²) < 4.78 is 6.65. The van der Waals surface area contributed by atoms with E-state index < -0.39 is 0 Å². The molecule has 96 valence electrons. The first-order valence-electron chi connectivity index (χ1n) is 5.27. The molecular formula is C10H13ClN6O. The zero-order chi connectivity index (χ0) is 13.0. The van der Waals surface area contributed by atoms with Gasteiger partial charge in [-0.05, 0) is 0 Å². The van der Waals surface area contributed by atoms with Gasteiger partial charge in [0.2, 0.25) is 0 Å². The van der Waals surface area contributed by atoms with E-state index in [0.29, 0.717) is 29.6 Å². The molecule has 2 rings (SSSR count). The SMILES string of the molecule is COc1ncc(Cl)c(NCCn2cc(N)cn2)n1. The number of hydrogen-bond donors (Lipinski definition) is 2. The van der Waals surface area contributed by atoms with E-state index in [-0.39, 0.29) is 6.01 Å². The molecule has 0 aliphatic rings. The second-order valence-electron chi connectivity index (χ2n) is 3.52. The summed E-state index contributed by atoms with van der Waals surface area (Å²) in [5.41, 5.74) is 6.20. The first-order chi connectivity index (χ1) is 8.69. The minimum Gasteiger partial charge on any atom is -0.467 e. The Hall–Kier alpha value is -2.02. The standard InChI is InChI=1S/C10H13ClN6O/c1-18-10-14-5-8(11)9(16-10)13-2-3-17-6-7(12)4-15-17/h4-6H,2-3,12H2,1H3,(H,13,14,16). The summed E-state index contributed by atoms with van der Waals surface area (Å²) in [6, 6.07) is 0.269. The Morgan fingerprint density at radius 1 is 1.50 bits per heavy atom. The van der Waals surface area contributed by atoms with Gasteiger partial charge < -0.3 is 15.8 Å². The third-order valence-electron chi connectivity index (χ3n) is 2.19. The van der Waals surface area contributed by atoms with Crippen LogP contribution in [0.5, 0.6) is 6.01 Å². The molecule has 0 saturated heterocycles. The Morgan fingerprint density at radius 3 is 3.00 bits per heavy atom. The maximum absolute atomic E-state index is 5.95. The van der Waals surface area contributed by atoms with Crippen molar-refractivity contribution in [3.05, 3.63) is 23.6 Å². The summed E-state index contributed by atoms with van der Waals surface area (Å²) in [6.07, 6.45) is 4.84. The second-order valence-corrected chi connectivity index (χ2v) is 3.92. The van der Waals surface area contributed by atoms with Crippen LogP contribution in [0.2, 0.25) is 5.02 Å². The van der Waals surface area contributed by atoms with Gasteiger partial charge in [-0.15, -0.1) is 0 Å². The van der Waals surface area contributed by atoms with Gasteiger partial charge in [0.1, 0.15) is 5.02 Å². The van der Waals surface area contributed by atoms with Crippen molar-refractivity contribution < 1.29 is 4.74 Å². The summed E-state index contributed by atoms with van der Waals surface area (Å²) in [5, 5.41) is 7.59. The van der Waals surface area contributed by atoms with E-state index in [2.05, 4.69) is 20.4 Å². The molecular weight excluding hydrogens is 256 g/mol. The number of aromatic nitrogens is 4. The molecule has 0 radical (unpaired) electrons. The fraction of sp³-hybridized carbons (Fsp3) is 0.300. The number of hydrogen-bond acceptors (Lipinski definition) is 6. The molecule has 2 aromatic heterocycles. The molecule has 0 unspecified atom stereocenters. The van der Waals surface area contributed by atoms with Crippen LogP contribution < -0.4 is 15.8 Å². The van der Waals surface area contributed by atoms with Gasteiger partial charge >= 0.3 is 6.01 Å². The Bertz CT molecular complexity index is 529. The van der Waals surface area contributed by atoms with Crippen molar-refractivity contribution in [3.8, 4) is 6.01 Å². The van der Waals surface area contributed by atoms with Gasteiger partial charge in [-0.1, -0.05) is 11.6 Å². The van der Waals surface area contributed by atoms with Crippen molar-refractivity contribution in [2.45, 2.75) is 6.54 Å². The van der Waals surface area contributed by atoms with E-state index in [9.17, 15) is 0 Å². The molecule has 18 heavy (non-hydrogen) atoms. The van der Waals surface area contributed by atoms with Crippen molar-refractivity contribution in [3.63, 3.8) is 0 Å². The van der Waals surface area contributed by atoms with E-state index in [1.165, 1.54) is 13.3 Å². The molecule has 7 nitrogen and oxygen atoms in total. The fourth-order valence-corrected chi connectivity index (χ4v) is 1.52. The number of nitrogens with zero attached hydrogens (tertiary/aromatic N) is 4. The first kappa shape index (κ1) is 12.4. The molecule has 0 aromatic carbocycles. The quantitative estimate of drug-likeness (QED) is 0.842. The third kappa shape index (κ3) is 3.01. The topological polar surface area (TPSA) is 90.9 Å². The van der Waals surface area contributed by atoms with E-state index in [0.717, 1.165) is 0 Å². The minimum absolute atomic E-state index is 0.269. The number of nitrogens with two attached hydrogens (primary N) is 1. The van der Waals surface area contributed by atoms with Crippen molar-refractivity contribution in [1.29, 1.82) is 0 Å². The van der Waals surface area contributed by atoms with E-state index >= 15 is 0 Å². The molecule has 0 aliphatic heterocycles. The maximum atomic E-state index is 5.95. The van der Waals surface area contributed by atoms with E-state index in [1.807, 2.05) is 0 Å². The highest BCUT2D eigenvalue weighted by Gasteiger charge is 2.05. The number of anilines is 2. The lowest BCUT2D eigenvalue weighted by Gasteiger charge is -2.08. The zero-order valence-electron chi connectivity index (χ0n) is 9.80. The van der Waals surface area contributed by atoms with Crippen molar-refractivity contribution in [2.75, 3.05) is 24.7 Å². The van der Waals surface area contributed by atoms with Crippen LogP contribution in [0.1, 0.15) is 0 Å². The normalized spacial score (nSPS) is 10.3. The molecule has 2 heterocycles. The smallest absolute Gasteiger partial charge is 0.318 e. The summed E-state index contributed by atoms with van der Waals surface area (Å²) >= 11 is 5.95. The predicted molar refractivity (Wildman–Crippen MR) is 68.7 cm³/mol. The second kappa shape index (κ2) is 5.54. The summed E-state index contributed by atoms with van der Waals surface area (Å²) in [6.45, 7) is 1.26. The van der Waals surface area contributed by atoms with Crippen LogP contribution >= 0.6 is 11.6 Å². The Morgan fingerprint density at radius 2 is 2.33 bits per heavy atom. The lowest BCUT2D eigenvalue weighted by molar-refractivity contribution is 0.380. The van der Waals surface area contributed by atoms with Crippen LogP contribution in [0, 0.1) is 0 Å². The fourth-order valence-electron chi connectivity index (χ4n) is 1.36. The highest BCUT2D eigenvalue weighted by Crippen LogP contribution is 2.19. The molecule has 8 heteroatoms. The van der Waals surface area contributed by atoms with Gasteiger partial charge in [0.05, 0.1) is 31.7 Å². The van der Waals surface area contributed by atoms with Gasteiger partial charge in [0.25, 0.3) is 0 Å². The molecule has 0 aliphatic carbocycles. The first-order valence-corrected chi connectivity index (χ1v) is 5.65. The van der Waals surface area contributed by atoms with Crippen molar-refractivity contribution in [1.82, 2.24) is 19.7 Å². The van der Waals surface area contributed by atoms with Crippen LogP contribution in [0.3, 0.4) is 0 Å². The molecule has 0 spiro atoms. The highest BCUT2D eigenvalue weighted by atomic mass is 35.5. The molecule has 0 amide bonds. The van der Waals surface area contributed by atoms with Crippen molar-refractivity contribution in [2.24, 2.45) is 0 Å². The minimum atomic E-state index is 0.269. The van der Waals surface area contributed by atoms with Crippen LogP contribution in [-0.2, 0) is 6.54 Å². The predicted octanol–water partition coefficient (Wildman–Crippen LogP) is 1.03. The molecule has 0 saturated carbocycles. The molecule has 0 bridgehead atoms. The number of ether oxygens (including phenoxy) is 1. The number of halogens is 1. The van der Waals surface area contributed by atoms with Crippen LogP contribution in [0.15, 0.2) is 18.6 Å². The average molecular weight is 269 g/mol. The third-order valence-corrected chi connectivity index (χ3v) is 2.47. The number of nitrogens with one attached hydrogen (secondary N) is 1. The number of nitrogen functional groups attached to an aromatic ring is 1. The number of methoxy groups -OCH3 is 1. The lowest BCUT2D eigenvalue weighted by atomic mass is 10.5. The van der Waals surface area contributed by atoms with Gasteiger partial charge in [-0.25, -0.2) is 4.98 Å². The Kier molecular flexibility index (Phi) is 3.83. The Balaban J connectivity index is 1.93. The van der Waals surface area contributed by atoms with Gasteiger partial charge in [-0.3, -0.25) is 4.68 Å². The van der Waals surface area contributed by atoms with Crippen LogP contribution in [0.25, 0.3) is 0 Å². The highest BCUT2D eigenvalue weighted by molar-refractivity contribution is 6.32. The maximum Gasteiger partial charge on any atom is 0.318 e. The van der Waals surface area contributed by atoms with Crippen molar-refractivity contribution >= 4 is 23.1 Å². The van der Waals surface area contributed by atoms with E-state index in [1.54, 1.807) is 17.1 Å². The summed E-state index contributed by atoms with van der Waals surface area (Å²) in [4.78, 5) is 7.98. The van der Waals surface area contributed by atoms with Crippen LogP contribution in [0.4, 0.5) is 11.5 Å². The van der Waals surface area contributed by atoms with Gasteiger partial charge in [-0.2, -0.15) is 10.1 Å². The average Bonchev–Trinajstić information content (AvgIpc) is 2.77. The summed E-state index contributed by atoms with van der Waals surface area (Å²) in [5.74, 6) is 0.531. The Labute approximate surface area is 109 Å². The van der Waals surface area contributed by atoms with Crippen LogP contribution in [-0.4, -0.2) is 33.4 Å². The summed E-state index contributed by atoms with van der Waals surface area (Å²) in [7, 11) is 1.50. The monoisotopic (exact) mass is 268 g/mol. The lowest BCUT2D eigenvalue weighted by Crippen LogP contribution is -2.12. The van der Waals surface area contributed by atoms with Gasteiger partial charge in [0, 0.05) is 12.7 Å². The molecule has 0 atom stereocenters. The van der Waals surface area contributed by atoms with E-state index in [4.69, 9.17) is 22.1 Å². The largest absolute Gasteiger partial charge is 0.467 e. The molecule has 0 fully saturated rings. The molecule has 2 aromatic rings. The molecule has 3 N–H and O–H groups in total. The number of rotatable bonds is 5. The van der Waals surface area contributed by atoms with Gasteiger partial charge in [0.15, 0.2) is 5.82 Å². The zero-order valence-corrected chi connectivity index (χ0v) is 10.6.